The molecule has 1 aliphatic rings. The summed E-state index contributed by atoms with van der Waals surface area (Å²) < 4.78 is 13.1. The van der Waals surface area contributed by atoms with E-state index in [1.54, 1.807) is 17.8 Å². The van der Waals surface area contributed by atoms with Crippen molar-refractivity contribution in [1.29, 1.82) is 0 Å². The topological polar surface area (TPSA) is 41.1 Å². The SMILES string of the molecule is Cc1ccc(F)cc1CNC(=O)[C@H]1NCSC1(C)C. The summed E-state index contributed by atoms with van der Waals surface area (Å²) in [5.41, 5.74) is 1.80. The molecule has 1 atom stereocenters. The molecule has 104 valence electrons. The van der Waals surface area contributed by atoms with E-state index in [1.807, 2.05) is 6.92 Å². The fourth-order valence-corrected chi connectivity index (χ4v) is 3.14. The highest BCUT2D eigenvalue weighted by Gasteiger charge is 2.39. The molecule has 0 unspecified atom stereocenters. The molecule has 0 spiro atoms. The highest BCUT2D eigenvalue weighted by Crippen LogP contribution is 2.32. The average Bonchev–Trinajstić information content (AvgIpc) is 2.70. The summed E-state index contributed by atoms with van der Waals surface area (Å²) in [6.45, 7) is 6.38. The van der Waals surface area contributed by atoms with Crippen molar-refractivity contribution in [3.8, 4) is 0 Å². The molecular formula is C14H19FN2OS. The highest BCUT2D eigenvalue weighted by molar-refractivity contribution is 8.00. The summed E-state index contributed by atoms with van der Waals surface area (Å²) in [6, 6.07) is 4.42. The Kier molecular flexibility index (Phi) is 4.16. The van der Waals surface area contributed by atoms with Crippen molar-refractivity contribution < 1.29 is 9.18 Å². The van der Waals surface area contributed by atoms with Crippen LogP contribution in [-0.2, 0) is 11.3 Å². The molecule has 5 heteroatoms. The Hall–Kier alpha value is -1.07. The summed E-state index contributed by atoms with van der Waals surface area (Å²) in [6.07, 6.45) is 0. The minimum absolute atomic E-state index is 0.0290. The Bertz CT molecular complexity index is 490. The molecule has 0 saturated carbocycles. The Labute approximate surface area is 117 Å². The van der Waals surface area contributed by atoms with Gasteiger partial charge >= 0.3 is 0 Å². The zero-order chi connectivity index (χ0) is 14.0. The Balaban J connectivity index is 1.99. The van der Waals surface area contributed by atoms with Gasteiger partial charge in [-0.1, -0.05) is 6.07 Å². The molecule has 0 aromatic heterocycles. The molecule has 0 aliphatic carbocycles. The van der Waals surface area contributed by atoms with Crippen LogP contribution >= 0.6 is 11.8 Å². The van der Waals surface area contributed by atoms with Crippen LogP contribution in [0.3, 0.4) is 0 Å². The van der Waals surface area contributed by atoms with E-state index in [-0.39, 0.29) is 22.5 Å². The van der Waals surface area contributed by atoms with E-state index in [0.29, 0.717) is 6.54 Å². The second-order valence-corrected chi connectivity index (χ2v) is 6.95. The molecule has 2 rings (SSSR count). The number of carbonyl (C=O) groups excluding carboxylic acids is 1. The number of hydrogen-bond donors (Lipinski definition) is 2. The molecule has 1 saturated heterocycles. The standard InChI is InChI=1S/C14H19FN2OS/c1-9-4-5-11(15)6-10(9)7-16-13(18)12-14(2,3)19-8-17-12/h4-6,12,17H,7-8H2,1-3H3,(H,16,18)/t12-/m1/s1. The fourth-order valence-electron chi connectivity index (χ4n) is 2.16. The summed E-state index contributed by atoms with van der Waals surface area (Å²) in [5, 5.41) is 6.07. The van der Waals surface area contributed by atoms with E-state index in [1.165, 1.54) is 12.1 Å². The van der Waals surface area contributed by atoms with Gasteiger partial charge < -0.3 is 5.32 Å². The first-order valence-corrected chi connectivity index (χ1v) is 7.29. The lowest BCUT2D eigenvalue weighted by Crippen LogP contribution is -2.49. The molecule has 19 heavy (non-hydrogen) atoms. The van der Waals surface area contributed by atoms with Gasteiger partial charge in [-0.3, -0.25) is 10.1 Å². The number of hydrogen-bond acceptors (Lipinski definition) is 3. The predicted octanol–water partition coefficient (Wildman–Crippen LogP) is 2.19. The van der Waals surface area contributed by atoms with E-state index >= 15 is 0 Å². The number of thioether (sulfide) groups is 1. The van der Waals surface area contributed by atoms with Crippen LogP contribution in [0.5, 0.6) is 0 Å². The Morgan fingerprint density at radius 2 is 2.32 bits per heavy atom. The zero-order valence-electron chi connectivity index (χ0n) is 11.4. The number of rotatable bonds is 3. The smallest absolute Gasteiger partial charge is 0.238 e. The lowest BCUT2D eigenvalue weighted by atomic mass is 10.0. The number of carbonyl (C=O) groups is 1. The molecule has 1 amide bonds. The van der Waals surface area contributed by atoms with Crippen LogP contribution < -0.4 is 10.6 Å². The number of nitrogens with one attached hydrogen (secondary N) is 2. The van der Waals surface area contributed by atoms with Crippen molar-refractivity contribution >= 4 is 17.7 Å². The van der Waals surface area contributed by atoms with Crippen molar-refractivity contribution in [2.75, 3.05) is 5.88 Å². The van der Waals surface area contributed by atoms with Crippen molar-refractivity contribution in [2.24, 2.45) is 0 Å². The molecule has 0 radical (unpaired) electrons. The maximum atomic E-state index is 13.2. The van der Waals surface area contributed by atoms with E-state index in [0.717, 1.165) is 17.0 Å². The highest BCUT2D eigenvalue weighted by atomic mass is 32.2. The van der Waals surface area contributed by atoms with Crippen molar-refractivity contribution in [3.05, 3.63) is 35.1 Å². The lowest BCUT2D eigenvalue weighted by Gasteiger charge is -2.24. The quantitative estimate of drug-likeness (QED) is 0.893. The van der Waals surface area contributed by atoms with Crippen LogP contribution in [0.1, 0.15) is 25.0 Å². The van der Waals surface area contributed by atoms with Crippen LogP contribution in [-0.4, -0.2) is 22.6 Å². The molecule has 1 heterocycles. The normalized spacial score (nSPS) is 21.4. The molecule has 3 nitrogen and oxygen atoms in total. The molecule has 1 aliphatic heterocycles. The number of halogens is 1. The van der Waals surface area contributed by atoms with Crippen LogP contribution in [0, 0.1) is 12.7 Å². The minimum Gasteiger partial charge on any atom is -0.351 e. The number of aryl methyl sites for hydroxylation is 1. The lowest BCUT2D eigenvalue weighted by molar-refractivity contribution is -0.123. The molecule has 2 N–H and O–H groups in total. The third kappa shape index (κ3) is 3.28. The summed E-state index contributed by atoms with van der Waals surface area (Å²) in [7, 11) is 0. The van der Waals surface area contributed by atoms with Gasteiger partial charge in [-0.2, -0.15) is 0 Å². The maximum Gasteiger partial charge on any atom is 0.238 e. The zero-order valence-corrected chi connectivity index (χ0v) is 12.2. The summed E-state index contributed by atoms with van der Waals surface area (Å²) in [5.74, 6) is 0.479. The third-order valence-corrected chi connectivity index (χ3v) is 4.74. The molecular weight excluding hydrogens is 263 g/mol. The van der Waals surface area contributed by atoms with Gasteiger partial charge in [0.25, 0.3) is 0 Å². The van der Waals surface area contributed by atoms with Gasteiger partial charge in [0.2, 0.25) is 5.91 Å². The van der Waals surface area contributed by atoms with Crippen LogP contribution in [0.25, 0.3) is 0 Å². The Morgan fingerprint density at radius 3 is 2.95 bits per heavy atom. The van der Waals surface area contributed by atoms with E-state index in [9.17, 15) is 9.18 Å². The number of amides is 1. The maximum absolute atomic E-state index is 13.2. The molecule has 1 fully saturated rings. The monoisotopic (exact) mass is 282 g/mol. The molecule has 1 aromatic rings. The van der Waals surface area contributed by atoms with Crippen molar-refractivity contribution in [3.63, 3.8) is 0 Å². The Morgan fingerprint density at radius 1 is 1.58 bits per heavy atom. The second kappa shape index (κ2) is 5.51. The third-order valence-electron chi connectivity index (χ3n) is 3.45. The van der Waals surface area contributed by atoms with E-state index in [2.05, 4.69) is 24.5 Å². The van der Waals surface area contributed by atoms with Crippen LogP contribution in [0.2, 0.25) is 0 Å². The fraction of sp³-hybridized carbons (Fsp3) is 0.500. The van der Waals surface area contributed by atoms with E-state index in [4.69, 9.17) is 0 Å². The van der Waals surface area contributed by atoms with Crippen molar-refractivity contribution in [1.82, 2.24) is 10.6 Å². The van der Waals surface area contributed by atoms with Crippen molar-refractivity contribution in [2.45, 2.75) is 38.1 Å². The number of benzene rings is 1. The molecule has 0 bridgehead atoms. The first kappa shape index (κ1) is 14.3. The first-order valence-electron chi connectivity index (χ1n) is 6.30. The summed E-state index contributed by atoms with van der Waals surface area (Å²) >= 11 is 1.73. The minimum atomic E-state index is -0.273. The van der Waals surface area contributed by atoms with Gasteiger partial charge in [0, 0.05) is 17.2 Å². The van der Waals surface area contributed by atoms with Gasteiger partial charge in [0.1, 0.15) is 11.9 Å². The largest absolute Gasteiger partial charge is 0.351 e. The predicted molar refractivity (Wildman–Crippen MR) is 76.4 cm³/mol. The average molecular weight is 282 g/mol. The van der Waals surface area contributed by atoms with E-state index < -0.39 is 0 Å². The first-order chi connectivity index (χ1) is 8.90. The summed E-state index contributed by atoms with van der Waals surface area (Å²) in [4.78, 5) is 12.1. The van der Waals surface area contributed by atoms with Gasteiger partial charge in [0.05, 0.1) is 0 Å². The van der Waals surface area contributed by atoms with Gasteiger partial charge in [-0.25, -0.2) is 4.39 Å². The van der Waals surface area contributed by atoms with Gasteiger partial charge in [0.15, 0.2) is 0 Å². The second-order valence-electron chi connectivity index (χ2n) is 5.32. The van der Waals surface area contributed by atoms with Crippen LogP contribution in [0.4, 0.5) is 4.39 Å². The van der Waals surface area contributed by atoms with Gasteiger partial charge in [-0.15, -0.1) is 11.8 Å². The van der Waals surface area contributed by atoms with Crippen LogP contribution in [0.15, 0.2) is 18.2 Å². The van der Waals surface area contributed by atoms with Gasteiger partial charge in [-0.05, 0) is 44.0 Å². The molecule has 1 aromatic carbocycles.